The van der Waals surface area contributed by atoms with Gasteiger partial charge in [0.05, 0.1) is 17.7 Å². The number of benzene rings is 2. The third-order valence-electron chi connectivity index (χ3n) is 8.29. The van der Waals surface area contributed by atoms with Gasteiger partial charge in [-0.3, -0.25) is 4.79 Å². The molecular weight excluding hydrogens is 609 g/mol. The Morgan fingerprint density at radius 3 is 2.36 bits per heavy atom. The van der Waals surface area contributed by atoms with Crippen molar-refractivity contribution >= 4 is 51.7 Å². The Kier molecular flexibility index (Phi) is 7.50. The summed E-state index contributed by atoms with van der Waals surface area (Å²) >= 11 is 12.3. The second-order valence-electron chi connectivity index (χ2n) is 11.0. The van der Waals surface area contributed by atoms with E-state index in [1.54, 1.807) is 12.1 Å². The zero-order valence-corrected chi connectivity index (χ0v) is 24.6. The molecule has 1 aliphatic carbocycles. The van der Waals surface area contributed by atoms with Crippen molar-refractivity contribution in [2.24, 2.45) is 0 Å². The maximum atomic E-state index is 14.4. The molecule has 2 aliphatic rings. The molecule has 7 rings (SSSR count). The lowest BCUT2D eigenvalue weighted by atomic mass is 9.84. The predicted octanol–water partition coefficient (Wildman–Crippen LogP) is 3.33. The van der Waals surface area contributed by atoms with E-state index in [9.17, 15) is 25.2 Å². The molecule has 0 amide bonds. The number of hydrogen-bond acceptors (Lipinski definition) is 9. The second kappa shape index (κ2) is 11.4. The highest BCUT2D eigenvalue weighted by molar-refractivity contribution is 6.31. The first kappa shape index (κ1) is 29.1. The summed E-state index contributed by atoms with van der Waals surface area (Å²) < 4.78 is 6.90. The number of aliphatic hydroxyl groups is 4. The highest BCUT2D eigenvalue weighted by Crippen LogP contribution is 2.40. The van der Waals surface area contributed by atoms with Crippen LogP contribution in [0.1, 0.15) is 41.6 Å². The van der Waals surface area contributed by atoms with Crippen LogP contribution in [0.2, 0.25) is 10.0 Å². The van der Waals surface area contributed by atoms with Crippen LogP contribution in [0.15, 0.2) is 53.3 Å². The smallest absolute Gasteiger partial charge is 0.270 e. The molecule has 1 saturated heterocycles. The van der Waals surface area contributed by atoms with Gasteiger partial charge < -0.3 is 25.2 Å². The summed E-state index contributed by atoms with van der Waals surface area (Å²) in [6.07, 6.45) is -3.04. The number of nitrogens with zero attached hydrogens (tertiary/aromatic N) is 4. The summed E-state index contributed by atoms with van der Waals surface area (Å²) in [4.78, 5) is 24.1. The molecule has 0 radical (unpaired) electrons. The minimum atomic E-state index is -1.65. The highest BCUT2D eigenvalue weighted by Gasteiger charge is 2.46. The Balaban J connectivity index is 1.49. The van der Waals surface area contributed by atoms with Gasteiger partial charge in [0.2, 0.25) is 5.78 Å². The van der Waals surface area contributed by atoms with Gasteiger partial charge in [-0.1, -0.05) is 47.5 Å². The normalized spacial score (nSPS) is 24.7. The van der Waals surface area contributed by atoms with Gasteiger partial charge in [-0.25, -0.2) is 14.5 Å². The molecule has 3 aromatic heterocycles. The molecule has 0 saturated carbocycles. The number of hydrogen-bond donors (Lipinski definition) is 5. The van der Waals surface area contributed by atoms with Crippen molar-refractivity contribution < 1.29 is 25.2 Å². The number of aliphatic hydroxyl groups excluding tert-OH is 4. The summed E-state index contributed by atoms with van der Waals surface area (Å²) in [7, 11) is 0. The Morgan fingerprint density at radius 1 is 0.955 bits per heavy atom. The van der Waals surface area contributed by atoms with E-state index in [-0.39, 0.29) is 22.6 Å². The van der Waals surface area contributed by atoms with Gasteiger partial charge in [0.15, 0.2) is 11.5 Å². The summed E-state index contributed by atoms with van der Waals surface area (Å²) in [6, 6.07) is 14.7. The number of halogens is 2. The van der Waals surface area contributed by atoms with Crippen molar-refractivity contribution in [2.75, 3.05) is 6.61 Å². The van der Waals surface area contributed by atoms with Crippen LogP contribution in [0.25, 0.3) is 39.6 Å². The van der Waals surface area contributed by atoms with Gasteiger partial charge in [0, 0.05) is 15.6 Å². The van der Waals surface area contributed by atoms with Crippen molar-refractivity contribution in [1.82, 2.24) is 24.6 Å². The molecule has 44 heavy (non-hydrogen) atoms. The van der Waals surface area contributed by atoms with E-state index in [0.29, 0.717) is 22.0 Å². The molecule has 11 nitrogen and oxygen atoms in total. The van der Waals surface area contributed by atoms with Crippen LogP contribution < -0.4 is 5.56 Å². The van der Waals surface area contributed by atoms with E-state index in [1.165, 1.54) is 4.40 Å². The molecule has 5 aromatic rings. The predicted molar refractivity (Wildman–Crippen MR) is 164 cm³/mol. The van der Waals surface area contributed by atoms with Gasteiger partial charge in [-0.05, 0) is 71.9 Å². The average Bonchev–Trinajstić information content (AvgIpc) is 3.45. The van der Waals surface area contributed by atoms with Gasteiger partial charge in [0.25, 0.3) is 5.56 Å². The molecular formula is C31H27Cl2N5O6. The average molecular weight is 636 g/mol. The highest BCUT2D eigenvalue weighted by atomic mass is 35.5. The van der Waals surface area contributed by atoms with Crippen LogP contribution in [0.4, 0.5) is 0 Å². The number of allylic oxidation sites excluding steroid dienone is 1. The Labute approximate surface area is 260 Å². The summed E-state index contributed by atoms with van der Waals surface area (Å²) in [5.41, 5.74) is 4.70. The Hall–Kier alpha value is -3.68. The first-order chi connectivity index (χ1) is 21.2. The number of aromatic nitrogens is 5. The number of pyridine rings is 1. The lowest BCUT2D eigenvalue weighted by molar-refractivity contribution is -0.233. The molecule has 4 heterocycles. The van der Waals surface area contributed by atoms with E-state index >= 15 is 0 Å². The Bertz CT molecular complexity index is 1970. The molecule has 0 spiro atoms. The first-order valence-electron chi connectivity index (χ1n) is 14.1. The van der Waals surface area contributed by atoms with Crippen molar-refractivity contribution in [2.45, 2.75) is 49.8 Å². The SMILES string of the molecule is O=c1c2c(-c3ccc(Cl)cc3)c3c(nc2nc2[nH]nc(C4O[C@H](CO)[C@@H](O)[C@H](O)[C@H]4O)n12)/C(=C/c1ccc(Cl)cc1)CCC3. The fourth-order valence-electron chi connectivity index (χ4n) is 6.12. The number of aromatic amines is 1. The van der Waals surface area contributed by atoms with E-state index in [1.807, 2.05) is 36.4 Å². The minimum Gasteiger partial charge on any atom is -0.394 e. The van der Waals surface area contributed by atoms with Gasteiger partial charge in [0.1, 0.15) is 30.5 Å². The fourth-order valence-corrected chi connectivity index (χ4v) is 6.37. The Morgan fingerprint density at radius 2 is 1.66 bits per heavy atom. The standard InChI is InChI=1S/C31H27Cl2N5O6/c32-17-8-4-14(5-9-17)12-16-2-1-3-19-21(15-6-10-18(33)11-7-15)22-28(34-23(16)19)35-31-37-36-29(38(31)30(22)43)27-26(42)25(41)24(40)20(13-39)44-27/h4-12,20,24-27,39-42H,1-3,13H2,(H,34,35,37)/b16-12+/t20-,24-,25+,26-,27?/m1/s1. The van der Waals surface area contributed by atoms with Crippen LogP contribution in [0, 0.1) is 0 Å². The van der Waals surface area contributed by atoms with Crippen LogP contribution in [-0.4, -0.2) is 76.0 Å². The van der Waals surface area contributed by atoms with Crippen LogP contribution in [-0.2, 0) is 11.2 Å². The summed E-state index contributed by atoms with van der Waals surface area (Å²) in [5, 5.41) is 49.5. The molecule has 1 aliphatic heterocycles. The third kappa shape index (κ3) is 4.81. The molecule has 5 N–H and O–H groups in total. The molecule has 1 unspecified atom stereocenters. The number of nitrogens with one attached hydrogen (secondary N) is 1. The second-order valence-corrected chi connectivity index (χ2v) is 11.9. The monoisotopic (exact) mass is 635 g/mol. The first-order valence-corrected chi connectivity index (χ1v) is 14.9. The zero-order chi connectivity index (χ0) is 30.7. The van der Waals surface area contributed by atoms with Crippen LogP contribution >= 0.6 is 23.2 Å². The number of fused-ring (bicyclic) bond motifs is 3. The van der Waals surface area contributed by atoms with E-state index < -0.39 is 42.7 Å². The van der Waals surface area contributed by atoms with Crippen molar-refractivity contribution in [1.29, 1.82) is 0 Å². The molecule has 5 atom stereocenters. The maximum absolute atomic E-state index is 14.4. The van der Waals surface area contributed by atoms with Crippen molar-refractivity contribution in [3.05, 3.63) is 91.6 Å². The molecule has 13 heteroatoms. The third-order valence-corrected chi connectivity index (χ3v) is 8.79. The van der Waals surface area contributed by atoms with Gasteiger partial charge in [-0.15, -0.1) is 0 Å². The van der Waals surface area contributed by atoms with E-state index in [4.69, 9.17) is 32.9 Å². The van der Waals surface area contributed by atoms with E-state index in [0.717, 1.165) is 40.8 Å². The maximum Gasteiger partial charge on any atom is 0.270 e. The van der Waals surface area contributed by atoms with Crippen LogP contribution in [0.5, 0.6) is 0 Å². The zero-order valence-electron chi connectivity index (χ0n) is 23.1. The molecule has 1 fully saturated rings. The molecule has 0 bridgehead atoms. The number of rotatable bonds is 4. The molecule has 226 valence electrons. The summed E-state index contributed by atoms with van der Waals surface area (Å²) in [5.74, 6) is -0.0255. The minimum absolute atomic E-state index is 0.0445. The number of ether oxygens (including phenoxy) is 1. The van der Waals surface area contributed by atoms with E-state index in [2.05, 4.69) is 21.3 Å². The lowest BCUT2D eigenvalue weighted by Crippen LogP contribution is -2.55. The topological polar surface area (TPSA) is 166 Å². The largest absolute Gasteiger partial charge is 0.394 e. The molecule has 2 aromatic carbocycles. The van der Waals surface area contributed by atoms with Gasteiger partial charge >= 0.3 is 0 Å². The van der Waals surface area contributed by atoms with Crippen LogP contribution in [0.3, 0.4) is 0 Å². The summed E-state index contributed by atoms with van der Waals surface area (Å²) in [6.45, 7) is -0.622. The van der Waals surface area contributed by atoms with Crippen molar-refractivity contribution in [3.63, 3.8) is 0 Å². The number of H-pyrrole nitrogens is 1. The van der Waals surface area contributed by atoms with Crippen molar-refractivity contribution in [3.8, 4) is 11.1 Å². The van der Waals surface area contributed by atoms with Gasteiger partial charge in [-0.2, -0.15) is 10.1 Å². The lowest BCUT2D eigenvalue weighted by Gasteiger charge is -2.39. The quantitative estimate of drug-likeness (QED) is 0.199. The fraction of sp³-hybridized carbons (Fsp3) is 0.290.